The van der Waals surface area contributed by atoms with Gasteiger partial charge in [0.05, 0.1) is 23.7 Å². The zero-order valence-corrected chi connectivity index (χ0v) is 15.1. The van der Waals surface area contributed by atoms with E-state index in [1.54, 1.807) is 6.20 Å². The monoisotopic (exact) mass is 351 g/mol. The van der Waals surface area contributed by atoms with Crippen molar-refractivity contribution in [3.05, 3.63) is 23.7 Å². The third kappa shape index (κ3) is 3.56. The first kappa shape index (κ1) is 17.0. The molecule has 0 unspecified atom stereocenters. The summed E-state index contributed by atoms with van der Waals surface area (Å²) >= 11 is 0. The van der Waals surface area contributed by atoms with Crippen molar-refractivity contribution in [2.24, 2.45) is 18.7 Å². The minimum atomic E-state index is 0.311. The van der Waals surface area contributed by atoms with E-state index in [-0.39, 0.29) is 0 Å². The fourth-order valence-electron chi connectivity index (χ4n) is 3.68. The van der Waals surface area contributed by atoms with Crippen LogP contribution in [0.25, 0.3) is 11.3 Å². The van der Waals surface area contributed by atoms with Crippen molar-refractivity contribution in [1.29, 1.82) is 5.26 Å². The molecule has 3 N–H and O–H groups in total. The number of nitrogens with zero attached hydrogens (tertiary/aromatic N) is 5. The van der Waals surface area contributed by atoms with Gasteiger partial charge in [0.1, 0.15) is 6.07 Å². The summed E-state index contributed by atoms with van der Waals surface area (Å²) in [5.74, 6) is 1.32. The van der Waals surface area contributed by atoms with Gasteiger partial charge >= 0.3 is 0 Å². The second kappa shape index (κ2) is 7.04. The summed E-state index contributed by atoms with van der Waals surface area (Å²) in [6.07, 6.45) is 11.1. The van der Waals surface area contributed by atoms with Crippen molar-refractivity contribution in [1.82, 2.24) is 19.7 Å². The molecule has 2 heterocycles. The lowest BCUT2D eigenvalue weighted by atomic mass is 9.92. The van der Waals surface area contributed by atoms with Crippen LogP contribution in [0.1, 0.15) is 49.8 Å². The van der Waals surface area contributed by atoms with E-state index in [2.05, 4.69) is 21.5 Å². The Morgan fingerprint density at radius 1 is 1.23 bits per heavy atom. The van der Waals surface area contributed by atoms with Gasteiger partial charge in [-0.15, -0.1) is 0 Å². The maximum atomic E-state index is 9.52. The van der Waals surface area contributed by atoms with Gasteiger partial charge < -0.3 is 11.1 Å². The molecule has 2 saturated carbocycles. The topological polar surface area (TPSA) is 105 Å². The van der Waals surface area contributed by atoms with E-state index in [9.17, 15) is 5.26 Å². The van der Waals surface area contributed by atoms with Crippen LogP contribution in [0.2, 0.25) is 0 Å². The lowest BCUT2D eigenvalue weighted by Crippen LogP contribution is -2.33. The number of anilines is 1. The second-order valence-electron chi connectivity index (χ2n) is 7.60. The van der Waals surface area contributed by atoms with Crippen LogP contribution in [0.3, 0.4) is 0 Å². The van der Waals surface area contributed by atoms with Crippen LogP contribution in [0.15, 0.2) is 12.4 Å². The van der Waals surface area contributed by atoms with Gasteiger partial charge in [0.2, 0.25) is 5.95 Å². The van der Waals surface area contributed by atoms with E-state index in [4.69, 9.17) is 10.7 Å². The first-order chi connectivity index (χ1) is 12.6. The van der Waals surface area contributed by atoms with E-state index in [1.165, 1.54) is 12.8 Å². The molecule has 7 nitrogen and oxygen atoms in total. The Kier molecular flexibility index (Phi) is 4.60. The van der Waals surface area contributed by atoms with E-state index in [1.807, 2.05) is 17.9 Å². The fraction of sp³-hybridized carbons (Fsp3) is 0.579. The molecule has 2 aromatic heterocycles. The summed E-state index contributed by atoms with van der Waals surface area (Å²) in [5, 5.41) is 17.4. The number of hydrogen-bond donors (Lipinski definition) is 2. The number of nitriles is 1. The van der Waals surface area contributed by atoms with Crippen LogP contribution >= 0.6 is 0 Å². The maximum absolute atomic E-state index is 9.52. The molecule has 2 fully saturated rings. The quantitative estimate of drug-likeness (QED) is 0.857. The van der Waals surface area contributed by atoms with Gasteiger partial charge in [-0.2, -0.15) is 10.4 Å². The predicted octanol–water partition coefficient (Wildman–Crippen LogP) is 2.38. The predicted molar refractivity (Wildman–Crippen MR) is 99.2 cm³/mol. The summed E-state index contributed by atoms with van der Waals surface area (Å²) in [5.41, 5.74) is 9.26. The molecular weight excluding hydrogens is 326 g/mol. The molecule has 0 aromatic carbocycles. The first-order valence-electron chi connectivity index (χ1n) is 9.44. The normalized spacial score (nSPS) is 22.8. The summed E-state index contributed by atoms with van der Waals surface area (Å²) < 4.78 is 1.91. The Labute approximate surface area is 153 Å². The van der Waals surface area contributed by atoms with Gasteiger partial charge in [0, 0.05) is 30.4 Å². The van der Waals surface area contributed by atoms with Gasteiger partial charge in [-0.3, -0.25) is 4.68 Å². The van der Waals surface area contributed by atoms with Crippen LogP contribution < -0.4 is 11.1 Å². The minimum Gasteiger partial charge on any atom is -0.351 e. The Balaban J connectivity index is 1.62. The van der Waals surface area contributed by atoms with E-state index < -0.39 is 0 Å². The number of aryl methyl sites for hydroxylation is 1. The van der Waals surface area contributed by atoms with Crippen LogP contribution in [0.4, 0.5) is 5.95 Å². The van der Waals surface area contributed by atoms with Gasteiger partial charge in [0.25, 0.3) is 0 Å². The maximum Gasteiger partial charge on any atom is 0.223 e. The van der Waals surface area contributed by atoms with Gasteiger partial charge in [-0.1, -0.05) is 0 Å². The van der Waals surface area contributed by atoms with Crippen molar-refractivity contribution in [3.63, 3.8) is 0 Å². The highest BCUT2D eigenvalue weighted by molar-refractivity contribution is 5.69. The van der Waals surface area contributed by atoms with Crippen LogP contribution in [0.5, 0.6) is 0 Å². The number of hydrogen-bond acceptors (Lipinski definition) is 6. The molecule has 2 aromatic rings. The Morgan fingerprint density at radius 3 is 2.69 bits per heavy atom. The molecule has 7 heteroatoms. The Morgan fingerprint density at radius 2 is 2.00 bits per heavy atom. The Hall–Kier alpha value is -2.46. The van der Waals surface area contributed by atoms with Crippen LogP contribution in [-0.2, 0) is 13.5 Å². The molecule has 0 saturated heterocycles. The smallest absolute Gasteiger partial charge is 0.223 e. The van der Waals surface area contributed by atoms with E-state index in [0.717, 1.165) is 49.3 Å². The summed E-state index contributed by atoms with van der Waals surface area (Å²) in [6, 6.07) is 2.88. The Bertz CT molecular complexity index is 823. The molecule has 0 bridgehead atoms. The van der Waals surface area contributed by atoms with Gasteiger partial charge in [0.15, 0.2) is 0 Å². The van der Waals surface area contributed by atoms with Gasteiger partial charge in [-0.05, 0) is 50.9 Å². The highest BCUT2D eigenvalue weighted by Gasteiger charge is 2.26. The van der Waals surface area contributed by atoms with Crippen molar-refractivity contribution in [2.75, 3.05) is 5.32 Å². The lowest BCUT2D eigenvalue weighted by molar-refractivity contribution is 0.410. The van der Waals surface area contributed by atoms with E-state index >= 15 is 0 Å². The highest BCUT2D eigenvalue weighted by Crippen LogP contribution is 2.36. The molecule has 0 spiro atoms. The zero-order valence-electron chi connectivity index (χ0n) is 15.1. The standard InChI is InChI=1S/C19H25N7/c1-26-17(8-12-2-3-12)16(11-23-26)18-13(9-20)10-22-19(25-18)24-15-6-4-14(21)5-7-15/h10-12,14-15H,2-8,21H2,1H3,(H,22,24,25)/t14-,15-. The average Bonchev–Trinajstić information content (AvgIpc) is 3.40. The molecular formula is C19H25N7. The largest absolute Gasteiger partial charge is 0.351 e. The molecule has 4 rings (SSSR count). The highest BCUT2D eigenvalue weighted by atomic mass is 15.3. The third-order valence-corrected chi connectivity index (χ3v) is 5.51. The third-order valence-electron chi connectivity index (χ3n) is 5.51. The average molecular weight is 351 g/mol. The van der Waals surface area contributed by atoms with Gasteiger partial charge in [-0.25, -0.2) is 9.97 Å². The molecule has 2 aliphatic carbocycles. The molecule has 0 aliphatic heterocycles. The molecule has 26 heavy (non-hydrogen) atoms. The van der Waals surface area contributed by atoms with E-state index in [0.29, 0.717) is 29.3 Å². The molecule has 0 atom stereocenters. The SMILES string of the molecule is Cn1ncc(-c2nc(N[C@H]3CC[C@H](N)CC3)ncc2C#N)c1CC1CC1. The fourth-order valence-corrected chi connectivity index (χ4v) is 3.68. The van der Waals surface area contributed by atoms with Crippen molar-refractivity contribution >= 4 is 5.95 Å². The number of nitrogens with two attached hydrogens (primary N) is 1. The van der Waals surface area contributed by atoms with Crippen molar-refractivity contribution in [3.8, 4) is 17.3 Å². The van der Waals surface area contributed by atoms with Crippen molar-refractivity contribution < 1.29 is 0 Å². The number of nitrogens with one attached hydrogen (secondary N) is 1. The van der Waals surface area contributed by atoms with Crippen LogP contribution in [0, 0.1) is 17.2 Å². The second-order valence-corrected chi connectivity index (χ2v) is 7.60. The van der Waals surface area contributed by atoms with Crippen molar-refractivity contribution in [2.45, 2.75) is 57.0 Å². The summed E-state index contributed by atoms with van der Waals surface area (Å²) in [7, 11) is 1.96. The number of rotatable bonds is 5. The lowest BCUT2D eigenvalue weighted by Gasteiger charge is -2.26. The van der Waals surface area contributed by atoms with Crippen LogP contribution in [-0.4, -0.2) is 31.8 Å². The first-order valence-corrected chi connectivity index (χ1v) is 9.44. The molecule has 136 valence electrons. The minimum absolute atomic E-state index is 0.311. The zero-order chi connectivity index (χ0) is 18.1. The molecule has 0 amide bonds. The summed E-state index contributed by atoms with van der Waals surface area (Å²) in [6.45, 7) is 0. The summed E-state index contributed by atoms with van der Waals surface area (Å²) in [4.78, 5) is 9.05. The number of aromatic nitrogens is 4. The molecule has 0 radical (unpaired) electrons. The molecule has 2 aliphatic rings.